The molecule has 0 radical (unpaired) electrons. The van der Waals surface area contributed by atoms with Crippen molar-refractivity contribution in [3.05, 3.63) is 34.1 Å². The van der Waals surface area contributed by atoms with E-state index < -0.39 is 58.1 Å². The summed E-state index contributed by atoms with van der Waals surface area (Å²) >= 11 is 0. The Morgan fingerprint density at radius 2 is 1.56 bits per heavy atom. The van der Waals surface area contributed by atoms with Crippen molar-refractivity contribution in [2.45, 2.75) is 26.2 Å². The van der Waals surface area contributed by atoms with E-state index >= 15 is 0 Å². The maximum atomic E-state index is 13.4. The lowest BCUT2D eigenvalue weighted by atomic mass is 9.87. The molecule has 140 valence electrons. The van der Waals surface area contributed by atoms with Crippen molar-refractivity contribution < 1.29 is 45.4 Å². The number of ether oxygens (including phenoxy) is 2. The van der Waals surface area contributed by atoms with Gasteiger partial charge in [0, 0.05) is 5.57 Å². The predicted octanol–water partition coefficient (Wildman–Crippen LogP) is 3.65. The van der Waals surface area contributed by atoms with Crippen LogP contribution < -0.4 is 0 Å². The second-order valence-corrected chi connectivity index (χ2v) is 5.09. The van der Waals surface area contributed by atoms with Gasteiger partial charge in [0.1, 0.15) is 11.7 Å². The lowest BCUT2D eigenvalue weighted by Crippen LogP contribution is -2.31. The zero-order valence-corrected chi connectivity index (χ0v) is 13.6. The number of alkyl halides is 6. The van der Waals surface area contributed by atoms with E-state index in [2.05, 4.69) is 4.74 Å². The minimum atomic E-state index is -5.32. The number of hydrogen-bond donors (Lipinski definition) is 0. The molecule has 0 aromatic carbocycles. The van der Waals surface area contributed by atoms with Crippen LogP contribution in [0.3, 0.4) is 0 Å². The highest BCUT2D eigenvalue weighted by atomic mass is 19.4. The average molecular weight is 372 g/mol. The third-order valence-corrected chi connectivity index (χ3v) is 3.54. The largest absolute Gasteiger partial charge is 0.496 e. The summed E-state index contributed by atoms with van der Waals surface area (Å²) in [5.41, 5.74) is -5.12. The number of rotatable bonds is 3. The van der Waals surface area contributed by atoms with Crippen molar-refractivity contribution >= 4 is 11.8 Å². The number of carbonyl (C=O) groups excluding carboxylic acids is 2. The van der Waals surface area contributed by atoms with Gasteiger partial charge in [-0.15, -0.1) is 0 Å². The van der Waals surface area contributed by atoms with Crippen LogP contribution in [0.5, 0.6) is 0 Å². The molecule has 0 N–H and O–H groups in total. The SMILES string of the molecule is COC(=O)C1C(C(F)(F)F)=CC(C(F)(F)F)=C(C)C(OC)=C1C(C)=O. The van der Waals surface area contributed by atoms with Gasteiger partial charge in [0.2, 0.25) is 0 Å². The summed E-state index contributed by atoms with van der Waals surface area (Å²) in [6.45, 7) is 1.68. The van der Waals surface area contributed by atoms with Gasteiger partial charge in [-0.25, -0.2) is 0 Å². The number of ketones is 1. The summed E-state index contributed by atoms with van der Waals surface area (Å²) in [4.78, 5) is 23.8. The molecule has 0 aromatic rings. The molecule has 1 aliphatic carbocycles. The molecule has 0 fully saturated rings. The van der Waals surface area contributed by atoms with Gasteiger partial charge < -0.3 is 9.47 Å². The highest BCUT2D eigenvalue weighted by Crippen LogP contribution is 2.45. The molecule has 1 unspecified atom stereocenters. The molecule has 0 heterocycles. The molecule has 25 heavy (non-hydrogen) atoms. The molecule has 0 bridgehead atoms. The van der Waals surface area contributed by atoms with E-state index in [0.717, 1.165) is 28.1 Å². The molecule has 1 rings (SSSR count). The number of Topliss-reactive ketones (excluding diaryl/α,β-unsaturated/α-hetero) is 1. The first-order valence-corrected chi connectivity index (χ1v) is 6.71. The minimum absolute atomic E-state index is 0.189. The molecule has 0 aliphatic heterocycles. The van der Waals surface area contributed by atoms with Crippen molar-refractivity contribution in [2.24, 2.45) is 5.92 Å². The van der Waals surface area contributed by atoms with Gasteiger partial charge in [0.25, 0.3) is 0 Å². The Hall–Kier alpha value is -2.26. The van der Waals surface area contributed by atoms with Crippen molar-refractivity contribution in [3.8, 4) is 0 Å². The van der Waals surface area contributed by atoms with Crippen LogP contribution in [-0.4, -0.2) is 38.3 Å². The Kier molecular flexibility index (Phi) is 5.76. The molecule has 4 nitrogen and oxygen atoms in total. The van der Waals surface area contributed by atoms with Gasteiger partial charge in [0.15, 0.2) is 5.78 Å². The van der Waals surface area contributed by atoms with Crippen molar-refractivity contribution in [1.82, 2.24) is 0 Å². The van der Waals surface area contributed by atoms with Crippen LogP contribution in [-0.2, 0) is 19.1 Å². The third kappa shape index (κ3) is 4.05. The Morgan fingerprint density at radius 1 is 1.04 bits per heavy atom. The number of methoxy groups -OCH3 is 2. The third-order valence-electron chi connectivity index (χ3n) is 3.54. The van der Waals surface area contributed by atoms with Gasteiger partial charge in [-0.2, -0.15) is 26.3 Å². The second kappa shape index (κ2) is 6.93. The molecular weight excluding hydrogens is 358 g/mol. The van der Waals surface area contributed by atoms with Crippen LogP contribution in [0.1, 0.15) is 13.8 Å². The number of halogens is 6. The van der Waals surface area contributed by atoms with Gasteiger partial charge in [-0.3, -0.25) is 9.59 Å². The highest BCUT2D eigenvalue weighted by molar-refractivity contribution is 6.02. The average Bonchev–Trinajstić information content (AvgIpc) is 2.59. The number of hydrogen-bond acceptors (Lipinski definition) is 4. The van der Waals surface area contributed by atoms with Crippen LogP contribution >= 0.6 is 0 Å². The number of allylic oxidation sites excluding steroid dienone is 3. The fourth-order valence-electron chi connectivity index (χ4n) is 2.49. The van der Waals surface area contributed by atoms with Crippen LogP contribution in [0.4, 0.5) is 26.3 Å². The Labute approximate surface area is 138 Å². The fourth-order valence-corrected chi connectivity index (χ4v) is 2.49. The molecule has 0 saturated heterocycles. The number of carbonyl (C=O) groups is 2. The van der Waals surface area contributed by atoms with E-state index in [9.17, 15) is 35.9 Å². The Bertz CT molecular complexity index is 679. The van der Waals surface area contributed by atoms with Gasteiger partial charge >= 0.3 is 18.3 Å². The molecule has 1 aliphatic rings. The quantitative estimate of drug-likeness (QED) is 0.561. The van der Waals surface area contributed by atoms with Gasteiger partial charge in [0.05, 0.1) is 30.9 Å². The lowest BCUT2D eigenvalue weighted by Gasteiger charge is -2.22. The molecule has 10 heteroatoms. The van der Waals surface area contributed by atoms with Crippen molar-refractivity contribution in [1.29, 1.82) is 0 Å². The first-order valence-electron chi connectivity index (χ1n) is 6.71. The fraction of sp³-hybridized carbons (Fsp3) is 0.467. The predicted molar refractivity (Wildman–Crippen MR) is 73.1 cm³/mol. The highest BCUT2D eigenvalue weighted by Gasteiger charge is 2.50. The van der Waals surface area contributed by atoms with Crippen LogP contribution in [0, 0.1) is 5.92 Å². The lowest BCUT2D eigenvalue weighted by molar-refractivity contribution is -0.148. The van der Waals surface area contributed by atoms with E-state index in [0.29, 0.717) is 0 Å². The summed E-state index contributed by atoms with van der Waals surface area (Å²) < 4.78 is 88.9. The zero-order valence-electron chi connectivity index (χ0n) is 13.6. The number of esters is 1. The topological polar surface area (TPSA) is 52.6 Å². The van der Waals surface area contributed by atoms with Gasteiger partial charge in [-0.05, 0) is 19.9 Å². The maximum absolute atomic E-state index is 13.4. The first-order chi connectivity index (χ1) is 11.3. The molecule has 0 amide bonds. The molecule has 0 aromatic heterocycles. The maximum Gasteiger partial charge on any atom is 0.416 e. The van der Waals surface area contributed by atoms with E-state index in [1.807, 2.05) is 0 Å². The molecule has 0 spiro atoms. The van der Waals surface area contributed by atoms with E-state index in [-0.39, 0.29) is 6.08 Å². The Balaban J connectivity index is 4.04. The van der Waals surface area contributed by atoms with Crippen molar-refractivity contribution in [3.63, 3.8) is 0 Å². The normalized spacial score (nSPS) is 19.4. The monoisotopic (exact) mass is 372 g/mol. The second-order valence-electron chi connectivity index (χ2n) is 5.09. The van der Waals surface area contributed by atoms with Crippen molar-refractivity contribution in [2.75, 3.05) is 14.2 Å². The van der Waals surface area contributed by atoms with E-state index in [1.54, 1.807) is 0 Å². The summed E-state index contributed by atoms with van der Waals surface area (Å²) in [5, 5.41) is 0. The van der Waals surface area contributed by atoms with Crippen LogP contribution in [0.15, 0.2) is 34.1 Å². The zero-order chi connectivity index (χ0) is 19.7. The van der Waals surface area contributed by atoms with E-state index in [4.69, 9.17) is 4.74 Å². The smallest absolute Gasteiger partial charge is 0.416 e. The summed E-state index contributed by atoms with van der Waals surface area (Å²) in [6, 6.07) is 0. The van der Waals surface area contributed by atoms with E-state index in [1.165, 1.54) is 0 Å². The minimum Gasteiger partial charge on any atom is -0.496 e. The van der Waals surface area contributed by atoms with Crippen LogP contribution in [0.25, 0.3) is 0 Å². The first kappa shape index (κ1) is 20.8. The Morgan fingerprint density at radius 3 is 1.88 bits per heavy atom. The standard InChI is InChI=1S/C15H14F6O4/c1-6-8(14(16,17)18)5-9(15(19,20)21)11(13(23)25-4)10(7(2)22)12(6)24-3/h5,11H,1-4H3. The van der Waals surface area contributed by atoms with Gasteiger partial charge in [-0.1, -0.05) is 0 Å². The summed E-state index contributed by atoms with van der Waals surface area (Å²) in [6.07, 6.45) is -10.7. The van der Waals surface area contributed by atoms with Crippen LogP contribution in [0.2, 0.25) is 0 Å². The molecule has 0 saturated carbocycles. The summed E-state index contributed by atoms with van der Waals surface area (Å²) in [7, 11) is 1.65. The molecule has 1 atom stereocenters. The molecular formula is C15H14F6O4. The summed E-state index contributed by atoms with van der Waals surface area (Å²) in [5.74, 6) is -5.72.